The predicted octanol–water partition coefficient (Wildman–Crippen LogP) is 2.20. The number of hydrogen-bond donors (Lipinski definition) is 2. The molecule has 2 fully saturated rings. The van der Waals surface area contributed by atoms with Gasteiger partial charge in [0.2, 0.25) is 17.7 Å². The molecule has 0 aromatic heterocycles. The van der Waals surface area contributed by atoms with Gasteiger partial charge in [0, 0.05) is 18.8 Å². The van der Waals surface area contributed by atoms with Gasteiger partial charge in [-0.25, -0.2) is 4.79 Å². The molecule has 8 heteroatoms. The standard InChI is InChI=1S/C25H27N3O5/c1-15-8-9-18(14-16(15)2)27-12-10-19(23(27)30)22(29)26-20-11-13-28(24(20)31)21(25(32)33)17-6-4-3-5-7-17/h3-9,14,19-21H,10-13H2,1-2H3,(H,26,29)(H,32,33). The van der Waals surface area contributed by atoms with Crippen molar-refractivity contribution in [3.05, 3.63) is 65.2 Å². The highest BCUT2D eigenvalue weighted by molar-refractivity contribution is 6.10. The fourth-order valence-electron chi connectivity index (χ4n) is 4.53. The SMILES string of the molecule is Cc1ccc(N2CCC(C(=O)NC3CCN(C(C(=O)O)c4ccccc4)C3=O)C2=O)cc1C. The van der Waals surface area contributed by atoms with Crippen LogP contribution in [0, 0.1) is 19.8 Å². The van der Waals surface area contributed by atoms with Crippen LogP contribution in [0.5, 0.6) is 0 Å². The summed E-state index contributed by atoms with van der Waals surface area (Å²) in [5.41, 5.74) is 3.45. The highest BCUT2D eigenvalue weighted by Crippen LogP contribution is 2.29. The Morgan fingerprint density at radius 2 is 1.70 bits per heavy atom. The summed E-state index contributed by atoms with van der Waals surface area (Å²) in [6, 6.07) is 12.3. The first kappa shape index (κ1) is 22.5. The van der Waals surface area contributed by atoms with Crippen molar-refractivity contribution in [2.24, 2.45) is 5.92 Å². The van der Waals surface area contributed by atoms with Crippen LogP contribution < -0.4 is 10.2 Å². The topological polar surface area (TPSA) is 107 Å². The van der Waals surface area contributed by atoms with Crippen LogP contribution in [0.15, 0.2) is 48.5 Å². The largest absolute Gasteiger partial charge is 0.479 e. The first-order chi connectivity index (χ1) is 15.8. The van der Waals surface area contributed by atoms with E-state index in [1.54, 1.807) is 35.2 Å². The summed E-state index contributed by atoms with van der Waals surface area (Å²) in [6.07, 6.45) is 0.660. The van der Waals surface area contributed by atoms with E-state index in [4.69, 9.17) is 0 Å². The van der Waals surface area contributed by atoms with Gasteiger partial charge in [0.15, 0.2) is 6.04 Å². The number of aliphatic carboxylic acids is 1. The summed E-state index contributed by atoms with van der Waals surface area (Å²) in [5, 5.41) is 12.4. The molecular formula is C25H27N3O5. The number of likely N-dealkylation sites (tertiary alicyclic amines) is 1. The Morgan fingerprint density at radius 3 is 2.36 bits per heavy atom. The van der Waals surface area contributed by atoms with Crippen molar-refractivity contribution in [1.82, 2.24) is 10.2 Å². The van der Waals surface area contributed by atoms with E-state index < -0.39 is 35.8 Å². The molecule has 3 unspecified atom stereocenters. The van der Waals surface area contributed by atoms with Crippen LogP contribution in [-0.2, 0) is 19.2 Å². The molecule has 4 rings (SSSR count). The second-order valence-corrected chi connectivity index (χ2v) is 8.63. The Labute approximate surface area is 192 Å². The number of benzene rings is 2. The fraction of sp³-hybridized carbons (Fsp3) is 0.360. The van der Waals surface area contributed by atoms with Crippen molar-refractivity contribution in [1.29, 1.82) is 0 Å². The third-order valence-electron chi connectivity index (χ3n) is 6.54. The Bertz CT molecular complexity index is 1100. The molecule has 2 saturated heterocycles. The zero-order valence-electron chi connectivity index (χ0n) is 18.7. The minimum absolute atomic E-state index is 0.211. The van der Waals surface area contributed by atoms with Crippen LogP contribution >= 0.6 is 0 Å². The summed E-state index contributed by atoms with van der Waals surface area (Å²) in [7, 11) is 0. The fourth-order valence-corrected chi connectivity index (χ4v) is 4.53. The highest BCUT2D eigenvalue weighted by atomic mass is 16.4. The summed E-state index contributed by atoms with van der Waals surface area (Å²) in [5.74, 6) is -3.21. The lowest BCUT2D eigenvalue weighted by molar-refractivity contribution is -0.149. The normalized spacial score (nSPS) is 21.4. The summed E-state index contributed by atoms with van der Waals surface area (Å²) < 4.78 is 0. The summed E-state index contributed by atoms with van der Waals surface area (Å²) >= 11 is 0. The van der Waals surface area contributed by atoms with E-state index >= 15 is 0 Å². The van der Waals surface area contributed by atoms with E-state index in [2.05, 4.69) is 5.32 Å². The third kappa shape index (κ3) is 4.33. The van der Waals surface area contributed by atoms with Crippen LogP contribution in [0.25, 0.3) is 0 Å². The molecule has 2 N–H and O–H groups in total. The average Bonchev–Trinajstić information content (AvgIpc) is 3.34. The monoisotopic (exact) mass is 449 g/mol. The highest BCUT2D eigenvalue weighted by Gasteiger charge is 2.43. The molecule has 33 heavy (non-hydrogen) atoms. The van der Waals surface area contributed by atoms with Crippen LogP contribution in [-0.4, -0.2) is 52.8 Å². The molecule has 2 aromatic rings. The molecule has 3 amide bonds. The Hall–Kier alpha value is -3.68. The van der Waals surface area contributed by atoms with Crippen molar-refractivity contribution in [3.8, 4) is 0 Å². The first-order valence-corrected chi connectivity index (χ1v) is 11.0. The van der Waals surface area contributed by atoms with E-state index in [0.717, 1.165) is 16.8 Å². The molecular weight excluding hydrogens is 422 g/mol. The van der Waals surface area contributed by atoms with Gasteiger partial charge in [-0.15, -0.1) is 0 Å². The van der Waals surface area contributed by atoms with Gasteiger partial charge in [0.25, 0.3) is 0 Å². The van der Waals surface area contributed by atoms with Crippen molar-refractivity contribution in [3.63, 3.8) is 0 Å². The van der Waals surface area contributed by atoms with Crippen LogP contribution in [0.4, 0.5) is 5.69 Å². The number of anilines is 1. The van der Waals surface area contributed by atoms with Crippen molar-refractivity contribution in [2.75, 3.05) is 18.0 Å². The minimum Gasteiger partial charge on any atom is -0.479 e. The van der Waals surface area contributed by atoms with Gasteiger partial charge in [-0.1, -0.05) is 36.4 Å². The number of carboxylic acids is 1. The first-order valence-electron chi connectivity index (χ1n) is 11.0. The Morgan fingerprint density at radius 1 is 0.970 bits per heavy atom. The molecule has 0 aliphatic carbocycles. The number of amides is 3. The van der Waals surface area contributed by atoms with E-state index in [9.17, 15) is 24.3 Å². The van der Waals surface area contributed by atoms with Gasteiger partial charge in [-0.05, 0) is 55.5 Å². The molecule has 2 aliphatic heterocycles. The van der Waals surface area contributed by atoms with Crippen LogP contribution in [0.3, 0.4) is 0 Å². The van der Waals surface area contributed by atoms with E-state index in [1.165, 1.54) is 4.90 Å². The molecule has 2 aliphatic rings. The van der Waals surface area contributed by atoms with E-state index in [0.29, 0.717) is 24.9 Å². The molecule has 3 atom stereocenters. The van der Waals surface area contributed by atoms with Crippen LogP contribution in [0.2, 0.25) is 0 Å². The van der Waals surface area contributed by atoms with Crippen molar-refractivity contribution in [2.45, 2.75) is 38.8 Å². The maximum Gasteiger partial charge on any atom is 0.331 e. The second-order valence-electron chi connectivity index (χ2n) is 8.63. The molecule has 0 bridgehead atoms. The number of nitrogens with one attached hydrogen (secondary N) is 1. The molecule has 172 valence electrons. The zero-order chi connectivity index (χ0) is 23.7. The maximum atomic E-state index is 13.0. The minimum atomic E-state index is -1.13. The zero-order valence-corrected chi connectivity index (χ0v) is 18.7. The summed E-state index contributed by atoms with van der Waals surface area (Å²) in [4.78, 5) is 53.6. The number of nitrogens with zero attached hydrogens (tertiary/aromatic N) is 2. The van der Waals surface area contributed by atoms with Crippen molar-refractivity contribution < 1.29 is 24.3 Å². The molecule has 0 saturated carbocycles. The lowest BCUT2D eigenvalue weighted by Gasteiger charge is -2.25. The van der Waals surface area contributed by atoms with Gasteiger partial charge in [-0.2, -0.15) is 0 Å². The maximum absolute atomic E-state index is 13.0. The lowest BCUT2D eigenvalue weighted by atomic mass is 10.1. The number of rotatable bonds is 6. The number of aryl methyl sites for hydroxylation is 2. The van der Waals surface area contributed by atoms with Gasteiger partial charge in [0.05, 0.1) is 0 Å². The predicted molar refractivity (Wildman–Crippen MR) is 121 cm³/mol. The summed E-state index contributed by atoms with van der Waals surface area (Å²) in [6.45, 7) is 4.61. The molecule has 0 spiro atoms. The molecule has 2 aromatic carbocycles. The number of carbonyl (C=O) groups excluding carboxylic acids is 3. The Kier molecular flexibility index (Phi) is 6.18. The molecule has 8 nitrogen and oxygen atoms in total. The molecule has 2 heterocycles. The van der Waals surface area contributed by atoms with Crippen LogP contribution in [0.1, 0.15) is 35.6 Å². The smallest absolute Gasteiger partial charge is 0.331 e. The Balaban J connectivity index is 1.43. The van der Waals surface area contributed by atoms with Crippen molar-refractivity contribution >= 4 is 29.4 Å². The van der Waals surface area contributed by atoms with Gasteiger partial charge in [-0.3, -0.25) is 14.4 Å². The van der Waals surface area contributed by atoms with Gasteiger partial charge >= 0.3 is 5.97 Å². The quantitative estimate of drug-likeness (QED) is 0.658. The second kappa shape index (κ2) is 9.05. The lowest BCUT2D eigenvalue weighted by Crippen LogP contribution is -2.46. The average molecular weight is 450 g/mol. The number of carboxylic acid groups (broad SMARTS) is 1. The van der Waals surface area contributed by atoms with E-state index in [-0.39, 0.29) is 12.5 Å². The van der Waals surface area contributed by atoms with Gasteiger partial charge in [0.1, 0.15) is 12.0 Å². The van der Waals surface area contributed by atoms with Gasteiger partial charge < -0.3 is 20.2 Å². The number of hydrogen-bond acceptors (Lipinski definition) is 4. The third-order valence-corrected chi connectivity index (χ3v) is 6.54. The number of carbonyl (C=O) groups is 4. The molecule has 0 radical (unpaired) electrons. The van der Waals surface area contributed by atoms with E-state index in [1.807, 2.05) is 32.0 Å².